The van der Waals surface area contributed by atoms with Crippen LogP contribution in [0.1, 0.15) is 49.8 Å². The highest BCUT2D eigenvalue weighted by atomic mass is 19.1. The zero-order chi connectivity index (χ0) is 15.1. The van der Waals surface area contributed by atoms with Crippen molar-refractivity contribution < 1.29 is 4.39 Å². The van der Waals surface area contributed by atoms with E-state index in [1.54, 1.807) is 6.07 Å². The van der Waals surface area contributed by atoms with E-state index < -0.39 is 0 Å². The second-order valence-electron chi connectivity index (χ2n) is 7.26. The van der Waals surface area contributed by atoms with Gasteiger partial charge in [-0.2, -0.15) is 0 Å². The number of rotatable bonds is 4. The molecule has 4 unspecified atom stereocenters. The number of benzene rings is 1. The molecule has 2 saturated carbocycles. The molecule has 4 atom stereocenters. The van der Waals surface area contributed by atoms with E-state index >= 15 is 0 Å². The minimum absolute atomic E-state index is 0.141. The van der Waals surface area contributed by atoms with E-state index in [2.05, 4.69) is 11.9 Å². The molecule has 2 aliphatic carbocycles. The van der Waals surface area contributed by atoms with Gasteiger partial charge in [-0.15, -0.1) is 0 Å². The van der Waals surface area contributed by atoms with Crippen molar-refractivity contribution in [3.05, 3.63) is 29.1 Å². The largest absolute Gasteiger partial charge is 0.374 e. The Kier molecular flexibility index (Phi) is 3.96. The first-order valence-corrected chi connectivity index (χ1v) is 8.22. The van der Waals surface area contributed by atoms with E-state index in [1.165, 1.54) is 25.7 Å². The summed E-state index contributed by atoms with van der Waals surface area (Å²) in [7, 11) is 2.13. The predicted molar refractivity (Wildman–Crippen MR) is 85.9 cm³/mol. The van der Waals surface area contributed by atoms with Crippen LogP contribution >= 0.6 is 0 Å². The lowest BCUT2D eigenvalue weighted by molar-refractivity contribution is 0.337. The number of aryl methyl sites for hydroxylation is 1. The van der Waals surface area contributed by atoms with E-state index in [-0.39, 0.29) is 11.9 Å². The predicted octanol–water partition coefficient (Wildman–Crippen LogP) is 4.03. The number of halogens is 1. The molecule has 2 bridgehead atoms. The van der Waals surface area contributed by atoms with Crippen LogP contribution in [-0.4, -0.2) is 13.6 Å². The molecule has 2 fully saturated rings. The summed E-state index contributed by atoms with van der Waals surface area (Å²) in [5, 5.41) is 0. The normalized spacial score (nSPS) is 28.9. The van der Waals surface area contributed by atoms with E-state index in [9.17, 15) is 4.39 Å². The highest BCUT2D eigenvalue weighted by molar-refractivity contribution is 5.56. The fourth-order valence-electron chi connectivity index (χ4n) is 4.43. The zero-order valence-corrected chi connectivity index (χ0v) is 13.4. The Hall–Kier alpha value is -1.09. The summed E-state index contributed by atoms with van der Waals surface area (Å²) < 4.78 is 13.8. The summed E-state index contributed by atoms with van der Waals surface area (Å²) in [5.41, 5.74) is 8.77. The summed E-state index contributed by atoms with van der Waals surface area (Å²) in [6.45, 7) is 4.83. The van der Waals surface area contributed by atoms with Gasteiger partial charge in [-0.25, -0.2) is 4.39 Å². The maximum absolute atomic E-state index is 13.8. The fraction of sp³-hybridized carbons (Fsp3) is 0.667. The van der Waals surface area contributed by atoms with Crippen LogP contribution in [0.5, 0.6) is 0 Å². The van der Waals surface area contributed by atoms with Gasteiger partial charge < -0.3 is 10.6 Å². The van der Waals surface area contributed by atoms with Gasteiger partial charge in [0.15, 0.2) is 0 Å². The second kappa shape index (κ2) is 5.60. The standard InChI is InChI=1S/C18H27FN2/c1-11-6-18(16(12(2)20)9-17(11)19)21(3)10-15-8-13-4-5-14(15)7-13/h6,9,12-15H,4-5,7-8,10,20H2,1-3H3. The molecule has 0 saturated heterocycles. The summed E-state index contributed by atoms with van der Waals surface area (Å²) >= 11 is 0. The van der Waals surface area contributed by atoms with Gasteiger partial charge in [0.25, 0.3) is 0 Å². The third kappa shape index (κ3) is 2.80. The molecule has 3 rings (SSSR count). The van der Waals surface area contributed by atoms with E-state index in [0.717, 1.165) is 35.5 Å². The molecule has 0 aliphatic heterocycles. The first kappa shape index (κ1) is 14.8. The Bertz CT molecular complexity index is 526. The van der Waals surface area contributed by atoms with Gasteiger partial charge in [-0.05, 0) is 74.1 Å². The number of anilines is 1. The molecule has 21 heavy (non-hydrogen) atoms. The van der Waals surface area contributed by atoms with Crippen LogP contribution in [0.2, 0.25) is 0 Å². The minimum atomic E-state index is -0.153. The van der Waals surface area contributed by atoms with Crippen molar-refractivity contribution in [2.75, 3.05) is 18.5 Å². The first-order valence-electron chi connectivity index (χ1n) is 8.22. The van der Waals surface area contributed by atoms with Crippen LogP contribution in [0, 0.1) is 30.5 Å². The quantitative estimate of drug-likeness (QED) is 0.907. The lowest BCUT2D eigenvalue weighted by atomic mass is 9.88. The maximum atomic E-state index is 13.8. The van der Waals surface area contributed by atoms with E-state index in [0.29, 0.717) is 5.56 Å². The molecule has 116 valence electrons. The Labute approximate surface area is 127 Å². The topological polar surface area (TPSA) is 29.3 Å². The molecule has 0 amide bonds. The average Bonchev–Trinajstić information content (AvgIpc) is 3.03. The molecule has 2 aliphatic rings. The van der Waals surface area contributed by atoms with Crippen LogP contribution in [0.3, 0.4) is 0 Å². The number of nitrogens with two attached hydrogens (primary N) is 1. The molecule has 1 aromatic rings. The van der Waals surface area contributed by atoms with Crippen LogP contribution in [0.25, 0.3) is 0 Å². The molecule has 0 spiro atoms. The third-order valence-electron chi connectivity index (χ3n) is 5.60. The Balaban J connectivity index is 1.80. The van der Waals surface area contributed by atoms with E-state index in [1.807, 2.05) is 19.9 Å². The summed E-state index contributed by atoms with van der Waals surface area (Å²) in [4.78, 5) is 2.30. The van der Waals surface area contributed by atoms with Crippen LogP contribution < -0.4 is 10.6 Å². The van der Waals surface area contributed by atoms with Gasteiger partial charge >= 0.3 is 0 Å². The number of nitrogens with zero attached hydrogens (tertiary/aromatic N) is 1. The lowest BCUT2D eigenvalue weighted by Crippen LogP contribution is -2.30. The van der Waals surface area contributed by atoms with Gasteiger partial charge in [0.1, 0.15) is 5.82 Å². The van der Waals surface area contributed by atoms with Gasteiger partial charge in [0, 0.05) is 25.3 Å². The number of hydrogen-bond acceptors (Lipinski definition) is 2. The highest BCUT2D eigenvalue weighted by Gasteiger charge is 2.39. The van der Waals surface area contributed by atoms with Gasteiger partial charge in [-0.3, -0.25) is 0 Å². The van der Waals surface area contributed by atoms with Crippen LogP contribution in [0.4, 0.5) is 10.1 Å². The molecular weight excluding hydrogens is 263 g/mol. The van der Waals surface area contributed by atoms with Crippen LogP contribution in [-0.2, 0) is 0 Å². The fourth-order valence-corrected chi connectivity index (χ4v) is 4.43. The van der Waals surface area contributed by atoms with Crippen molar-refractivity contribution in [3.8, 4) is 0 Å². The van der Waals surface area contributed by atoms with Crippen LogP contribution in [0.15, 0.2) is 12.1 Å². The number of hydrogen-bond donors (Lipinski definition) is 1. The molecule has 2 nitrogen and oxygen atoms in total. The molecule has 0 radical (unpaired) electrons. The third-order valence-corrected chi connectivity index (χ3v) is 5.60. The van der Waals surface area contributed by atoms with Gasteiger partial charge in [0.05, 0.1) is 0 Å². The lowest BCUT2D eigenvalue weighted by Gasteiger charge is -2.31. The summed E-state index contributed by atoms with van der Waals surface area (Å²) in [6, 6.07) is 3.44. The summed E-state index contributed by atoms with van der Waals surface area (Å²) in [6.07, 6.45) is 5.65. The van der Waals surface area contributed by atoms with Crippen molar-refractivity contribution in [1.29, 1.82) is 0 Å². The highest BCUT2D eigenvalue weighted by Crippen LogP contribution is 2.48. The Morgan fingerprint density at radius 3 is 2.67 bits per heavy atom. The summed E-state index contributed by atoms with van der Waals surface area (Å²) in [5.74, 6) is 2.54. The van der Waals surface area contributed by atoms with Gasteiger partial charge in [0.2, 0.25) is 0 Å². The van der Waals surface area contributed by atoms with Crippen molar-refractivity contribution in [1.82, 2.24) is 0 Å². The smallest absolute Gasteiger partial charge is 0.126 e. The molecule has 3 heteroatoms. The van der Waals surface area contributed by atoms with Crippen molar-refractivity contribution in [2.24, 2.45) is 23.5 Å². The average molecular weight is 290 g/mol. The monoisotopic (exact) mass is 290 g/mol. The van der Waals surface area contributed by atoms with Crippen molar-refractivity contribution in [2.45, 2.75) is 45.6 Å². The zero-order valence-electron chi connectivity index (χ0n) is 13.4. The molecule has 0 heterocycles. The molecule has 0 aromatic heterocycles. The van der Waals surface area contributed by atoms with Crippen molar-refractivity contribution in [3.63, 3.8) is 0 Å². The minimum Gasteiger partial charge on any atom is -0.374 e. The molecule has 2 N–H and O–H groups in total. The van der Waals surface area contributed by atoms with Gasteiger partial charge in [-0.1, -0.05) is 6.42 Å². The van der Waals surface area contributed by atoms with Crippen molar-refractivity contribution >= 4 is 5.69 Å². The number of fused-ring (bicyclic) bond motifs is 2. The first-order chi connectivity index (χ1) is 9.95. The SMILES string of the molecule is Cc1cc(N(C)CC2CC3CCC2C3)c(C(C)N)cc1F. The molecular formula is C18H27FN2. The Morgan fingerprint density at radius 1 is 1.33 bits per heavy atom. The van der Waals surface area contributed by atoms with E-state index in [4.69, 9.17) is 5.73 Å². The second-order valence-corrected chi connectivity index (χ2v) is 7.26. The molecule has 1 aromatic carbocycles. The maximum Gasteiger partial charge on any atom is 0.126 e. The Morgan fingerprint density at radius 2 is 2.10 bits per heavy atom.